The highest BCUT2D eigenvalue weighted by Gasteiger charge is 2.29. The molecule has 0 bridgehead atoms. The van der Waals surface area contributed by atoms with Crippen LogP contribution in [0.5, 0.6) is 0 Å². The van der Waals surface area contributed by atoms with Crippen molar-refractivity contribution in [3.8, 4) is 0 Å². The fourth-order valence-electron chi connectivity index (χ4n) is 3.50. The zero-order valence-corrected chi connectivity index (χ0v) is 13.2. The summed E-state index contributed by atoms with van der Waals surface area (Å²) in [5.41, 5.74) is 2.25. The fraction of sp³-hybridized carbons (Fsp3) is 0.211. The molecule has 1 aliphatic carbocycles. The van der Waals surface area contributed by atoms with E-state index in [1.807, 2.05) is 6.07 Å². The molecule has 0 fully saturated rings. The summed E-state index contributed by atoms with van der Waals surface area (Å²) < 4.78 is 14.5. The molecule has 4 heteroatoms. The van der Waals surface area contributed by atoms with E-state index in [4.69, 9.17) is 11.6 Å². The first-order chi connectivity index (χ1) is 11.1. The minimum atomic E-state index is -0.437. The van der Waals surface area contributed by atoms with Crippen molar-refractivity contribution >= 4 is 35.3 Å². The molecule has 0 radical (unpaired) electrons. The number of carbonyl (C=O) groups excluding carboxylic acids is 1. The Kier molecular flexibility index (Phi) is 3.46. The van der Waals surface area contributed by atoms with Gasteiger partial charge < -0.3 is 5.32 Å². The van der Waals surface area contributed by atoms with Crippen molar-refractivity contribution < 1.29 is 9.18 Å². The highest BCUT2D eigenvalue weighted by molar-refractivity contribution is 6.30. The Morgan fingerprint density at radius 3 is 2.78 bits per heavy atom. The Hall–Kier alpha value is -2.13. The van der Waals surface area contributed by atoms with Crippen LogP contribution in [0, 0.1) is 5.82 Å². The smallest absolute Gasteiger partial charge is 0.225 e. The summed E-state index contributed by atoms with van der Waals surface area (Å²) in [4.78, 5) is 12.2. The van der Waals surface area contributed by atoms with Gasteiger partial charge in [0.05, 0.1) is 10.7 Å². The van der Waals surface area contributed by atoms with Gasteiger partial charge in [0.15, 0.2) is 0 Å². The summed E-state index contributed by atoms with van der Waals surface area (Å²) >= 11 is 5.93. The molecule has 23 heavy (non-hydrogen) atoms. The van der Waals surface area contributed by atoms with Gasteiger partial charge >= 0.3 is 0 Å². The third-order valence-corrected chi connectivity index (χ3v) is 4.87. The molecule has 1 aliphatic heterocycles. The Balaban J connectivity index is 1.97. The summed E-state index contributed by atoms with van der Waals surface area (Å²) in [6.07, 6.45) is 6.50. The van der Waals surface area contributed by atoms with Gasteiger partial charge in [-0.3, -0.25) is 4.79 Å². The van der Waals surface area contributed by atoms with Gasteiger partial charge in [-0.25, -0.2) is 4.39 Å². The molecule has 116 valence electrons. The lowest BCUT2D eigenvalue weighted by Gasteiger charge is -2.27. The van der Waals surface area contributed by atoms with Crippen molar-refractivity contribution in [1.82, 2.24) is 0 Å². The zero-order chi connectivity index (χ0) is 16.0. The van der Waals surface area contributed by atoms with E-state index in [-0.39, 0.29) is 23.3 Å². The summed E-state index contributed by atoms with van der Waals surface area (Å²) in [7, 11) is 0. The molecule has 2 aromatic carbocycles. The second-order valence-electron chi connectivity index (χ2n) is 5.97. The van der Waals surface area contributed by atoms with Crippen LogP contribution in [0.15, 0.2) is 30.3 Å². The van der Waals surface area contributed by atoms with Crippen LogP contribution in [0.2, 0.25) is 5.02 Å². The zero-order valence-electron chi connectivity index (χ0n) is 12.4. The topological polar surface area (TPSA) is 29.1 Å². The van der Waals surface area contributed by atoms with Crippen LogP contribution in [-0.4, -0.2) is 5.91 Å². The number of carbonyl (C=O) groups is 1. The molecule has 1 amide bonds. The van der Waals surface area contributed by atoms with E-state index in [0.717, 1.165) is 34.5 Å². The van der Waals surface area contributed by atoms with Crippen LogP contribution in [-0.2, 0) is 4.79 Å². The van der Waals surface area contributed by atoms with E-state index in [2.05, 4.69) is 23.5 Å². The van der Waals surface area contributed by atoms with Gasteiger partial charge in [0.2, 0.25) is 5.91 Å². The lowest BCUT2D eigenvalue weighted by molar-refractivity contribution is -0.116. The molecule has 1 atom stereocenters. The average molecular weight is 328 g/mol. The number of nitrogens with one attached hydrogen (secondary N) is 1. The maximum atomic E-state index is 14.5. The number of rotatable bonds is 1. The minimum absolute atomic E-state index is 0.0887. The number of halogens is 2. The molecule has 0 spiro atoms. The highest BCUT2D eigenvalue weighted by atomic mass is 35.5. The molecule has 2 nitrogen and oxygen atoms in total. The quantitative estimate of drug-likeness (QED) is 0.855. The predicted molar refractivity (Wildman–Crippen MR) is 90.4 cm³/mol. The number of fused-ring (bicyclic) bond motifs is 3. The molecule has 1 N–H and O–H groups in total. The lowest BCUT2D eigenvalue weighted by atomic mass is 9.83. The number of anilines is 1. The van der Waals surface area contributed by atoms with Crippen molar-refractivity contribution in [2.24, 2.45) is 0 Å². The van der Waals surface area contributed by atoms with E-state index in [9.17, 15) is 9.18 Å². The van der Waals surface area contributed by atoms with Gasteiger partial charge in [-0.1, -0.05) is 48.0 Å². The number of hydrogen-bond acceptors (Lipinski definition) is 1. The van der Waals surface area contributed by atoms with Gasteiger partial charge in [-0.05, 0) is 35.3 Å². The molecule has 0 saturated heterocycles. The van der Waals surface area contributed by atoms with E-state index in [1.54, 1.807) is 12.1 Å². The van der Waals surface area contributed by atoms with Crippen LogP contribution in [0.25, 0.3) is 12.2 Å². The Labute approximate surface area is 138 Å². The first kappa shape index (κ1) is 14.5. The first-order valence-corrected chi connectivity index (χ1v) is 8.10. The molecule has 2 aliphatic rings. The van der Waals surface area contributed by atoms with Gasteiger partial charge in [-0.15, -0.1) is 0 Å². The number of hydrogen-bond donors (Lipinski definition) is 1. The molecule has 1 unspecified atom stereocenters. The van der Waals surface area contributed by atoms with E-state index in [1.165, 1.54) is 6.07 Å². The highest BCUT2D eigenvalue weighted by Crippen LogP contribution is 2.37. The first-order valence-electron chi connectivity index (χ1n) is 7.72. The van der Waals surface area contributed by atoms with Crippen molar-refractivity contribution in [3.63, 3.8) is 0 Å². The van der Waals surface area contributed by atoms with Crippen molar-refractivity contribution in [2.45, 2.75) is 25.2 Å². The van der Waals surface area contributed by atoms with Crippen molar-refractivity contribution in [2.75, 3.05) is 5.32 Å². The standard InChI is InChI=1S/C19H15ClFNO/c20-16-7-3-6-13(18(16)21)15-10-17(23)22-19-12-5-2-1-4-11(12)8-9-14(15)19/h3-9,15H,1-2,10H2,(H,22,23). The molecule has 0 saturated carbocycles. The average Bonchev–Trinajstić information content (AvgIpc) is 2.56. The Morgan fingerprint density at radius 1 is 1.09 bits per heavy atom. The maximum absolute atomic E-state index is 14.5. The van der Waals surface area contributed by atoms with Crippen molar-refractivity contribution in [1.29, 1.82) is 0 Å². The van der Waals surface area contributed by atoms with Crippen LogP contribution >= 0.6 is 11.6 Å². The molecule has 0 aromatic heterocycles. The minimum Gasteiger partial charge on any atom is -0.325 e. The van der Waals surface area contributed by atoms with Crippen molar-refractivity contribution in [3.05, 3.63) is 62.7 Å². The van der Waals surface area contributed by atoms with E-state index in [0.29, 0.717) is 5.56 Å². The fourth-order valence-corrected chi connectivity index (χ4v) is 3.68. The molecular weight excluding hydrogens is 313 g/mol. The SMILES string of the molecule is O=C1CC(c2cccc(Cl)c2F)c2ccc3c(c2N1)=CCCC=3. The lowest BCUT2D eigenvalue weighted by Crippen LogP contribution is -2.36. The molecule has 1 heterocycles. The van der Waals surface area contributed by atoms with E-state index >= 15 is 0 Å². The van der Waals surface area contributed by atoms with Crippen LogP contribution in [0.3, 0.4) is 0 Å². The third-order valence-electron chi connectivity index (χ3n) is 4.58. The van der Waals surface area contributed by atoms with Gasteiger partial charge in [0.25, 0.3) is 0 Å². The summed E-state index contributed by atoms with van der Waals surface area (Å²) in [6.45, 7) is 0. The molecular formula is C19H15ClFNO. The second kappa shape index (κ2) is 5.50. The second-order valence-corrected chi connectivity index (χ2v) is 6.37. The van der Waals surface area contributed by atoms with Gasteiger partial charge in [0, 0.05) is 17.6 Å². The van der Waals surface area contributed by atoms with Crippen LogP contribution in [0.1, 0.15) is 36.3 Å². The number of benzene rings is 2. The van der Waals surface area contributed by atoms with Gasteiger partial charge in [-0.2, -0.15) is 0 Å². The molecule has 2 aromatic rings. The number of amides is 1. The summed E-state index contributed by atoms with van der Waals surface area (Å²) in [6, 6.07) is 9.01. The normalized spacial score (nSPS) is 19.0. The monoisotopic (exact) mass is 327 g/mol. The Bertz CT molecular complexity index is 935. The Morgan fingerprint density at radius 2 is 1.91 bits per heavy atom. The van der Waals surface area contributed by atoms with E-state index < -0.39 is 5.82 Å². The maximum Gasteiger partial charge on any atom is 0.225 e. The largest absolute Gasteiger partial charge is 0.325 e. The summed E-state index contributed by atoms with van der Waals surface area (Å²) in [5.74, 6) is -0.833. The van der Waals surface area contributed by atoms with Gasteiger partial charge in [0.1, 0.15) is 5.82 Å². The third kappa shape index (κ3) is 2.36. The van der Waals surface area contributed by atoms with Crippen LogP contribution in [0.4, 0.5) is 10.1 Å². The molecule has 4 rings (SSSR count). The summed E-state index contributed by atoms with van der Waals surface area (Å²) in [5, 5.41) is 5.24. The van der Waals surface area contributed by atoms with Crippen LogP contribution < -0.4 is 15.8 Å². The predicted octanol–water partition coefficient (Wildman–Crippen LogP) is 3.31.